The summed E-state index contributed by atoms with van der Waals surface area (Å²) >= 11 is 12.4. The van der Waals surface area contributed by atoms with Crippen LogP contribution < -0.4 is 9.62 Å². The Labute approximate surface area is 238 Å². The number of nitrogens with zero attached hydrogens (tertiary/aromatic N) is 2. The molecule has 0 bridgehead atoms. The van der Waals surface area contributed by atoms with Crippen LogP contribution in [0.3, 0.4) is 0 Å². The number of benzene rings is 3. The summed E-state index contributed by atoms with van der Waals surface area (Å²) < 4.78 is 42.9. The fraction of sp³-hybridized carbons (Fsp3) is 0.286. The first-order valence-corrected chi connectivity index (χ1v) is 14.4. The molecule has 11 heteroatoms. The zero-order chi connectivity index (χ0) is 28.7. The average Bonchev–Trinajstić information content (AvgIpc) is 2.90. The smallest absolute Gasteiger partial charge is 0.264 e. The highest BCUT2D eigenvalue weighted by Crippen LogP contribution is 2.33. The van der Waals surface area contributed by atoms with Crippen LogP contribution in [0.1, 0.15) is 26.3 Å². The summed E-state index contributed by atoms with van der Waals surface area (Å²) in [6, 6.07) is 16.7. The molecule has 3 aromatic rings. The van der Waals surface area contributed by atoms with Gasteiger partial charge in [-0.15, -0.1) is 0 Å². The van der Waals surface area contributed by atoms with Gasteiger partial charge < -0.3 is 10.2 Å². The highest BCUT2D eigenvalue weighted by Gasteiger charge is 2.33. The van der Waals surface area contributed by atoms with E-state index in [-0.39, 0.29) is 38.7 Å². The van der Waals surface area contributed by atoms with Gasteiger partial charge in [-0.05, 0) is 49.2 Å². The molecule has 3 aromatic carbocycles. The van der Waals surface area contributed by atoms with Crippen LogP contribution in [-0.4, -0.2) is 44.3 Å². The van der Waals surface area contributed by atoms with Crippen molar-refractivity contribution in [3.63, 3.8) is 0 Å². The SMILES string of the molecule is CC(C)CNC(=O)C(C)N(Cc1ccccc1F)C(=O)CN(c1ccc(Cl)cc1Cl)S(=O)(=O)c1ccccc1. The molecule has 2 amide bonds. The van der Waals surface area contributed by atoms with E-state index in [1.165, 1.54) is 55.5 Å². The van der Waals surface area contributed by atoms with Crippen molar-refractivity contribution in [2.75, 3.05) is 17.4 Å². The van der Waals surface area contributed by atoms with Crippen LogP contribution in [-0.2, 0) is 26.2 Å². The lowest BCUT2D eigenvalue weighted by Gasteiger charge is -2.32. The van der Waals surface area contributed by atoms with Crippen LogP contribution in [0.25, 0.3) is 0 Å². The number of rotatable bonds is 11. The first-order valence-electron chi connectivity index (χ1n) is 12.2. The van der Waals surface area contributed by atoms with E-state index in [2.05, 4.69) is 5.32 Å². The van der Waals surface area contributed by atoms with Crippen LogP contribution in [0.4, 0.5) is 10.1 Å². The second kappa shape index (κ2) is 13.3. The number of hydrogen-bond donors (Lipinski definition) is 1. The zero-order valence-electron chi connectivity index (χ0n) is 21.8. The molecule has 3 rings (SSSR count). The maximum absolute atomic E-state index is 14.6. The van der Waals surface area contributed by atoms with Gasteiger partial charge in [0.05, 0.1) is 15.6 Å². The largest absolute Gasteiger partial charge is 0.354 e. The number of sulfonamides is 1. The van der Waals surface area contributed by atoms with Crippen molar-refractivity contribution < 1.29 is 22.4 Å². The number of nitrogens with one attached hydrogen (secondary N) is 1. The van der Waals surface area contributed by atoms with E-state index < -0.39 is 40.2 Å². The fourth-order valence-electron chi connectivity index (χ4n) is 3.76. The third-order valence-corrected chi connectivity index (χ3v) is 8.25. The zero-order valence-corrected chi connectivity index (χ0v) is 24.1. The van der Waals surface area contributed by atoms with Gasteiger partial charge in [0.15, 0.2) is 0 Å². The predicted octanol–water partition coefficient (Wildman–Crippen LogP) is 5.52. The van der Waals surface area contributed by atoms with Crippen molar-refractivity contribution in [3.05, 3.63) is 94.2 Å². The highest BCUT2D eigenvalue weighted by molar-refractivity contribution is 7.92. The van der Waals surface area contributed by atoms with Crippen molar-refractivity contribution in [3.8, 4) is 0 Å². The molecule has 208 valence electrons. The van der Waals surface area contributed by atoms with Crippen LogP contribution in [0.15, 0.2) is 77.7 Å². The quantitative estimate of drug-likeness (QED) is 0.317. The van der Waals surface area contributed by atoms with Gasteiger partial charge >= 0.3 is 0 Å². The lowest BCUT2D eigenvalue weighted by Crippen LogP contribution is -2.51. The Kier molecular flexibility index (Phi) is 10.4. The summed E-state index contributed by atoms with van der Waals surface area (Å²) in [7, 11) is -4.28. The van der Waals surface area contributed by atoms with Crippen molar-refractivity contribution in [1.29, 1.82) is 0 Å². The number of hydrogen-bond acceptors (Lipinski definition) is 4. The van der Waals surface area contributed by atoms with Crippen molar-refractivity contribution in [2.45, 2.75) is 38.3 Å². The molecule has 1 atom stereocenters. The van der Waals surface area contributed by atoms with Gasteiger partial charge in [-0.1, -0.05) is 73.4 Å². The van der Waals surface area contributed by atoms with Crippen molar-refractivity contribution in [1.82, 2.24) is 10.2 Å². The molecule has 0 aliphatic rings. The number of amides is 2. The third-order valence-electron chi connectivity index (χ3n) is 5.94. The number of carbonyl (C=O) groups is 2. The minimum Gasteiger partial charge on any atom is -0.354 e. The second-order valence-electron chi connectivity index (χ2n) is 9.35. The first kappa shape index (κ1) is 30.4. The molecule has 1 unspecified atom stereocenters. The molecule has 7 nitrogen and oxygen atoms in total. The van der Waals surface area contributed by atoms with Crippen LogP contribution in [0.2, 0.25) is 10.0 Å². The molecule has 0 saturated heterocycles. The minimum atomic E-state index is -4.28. The minimum absolute atomic E-state index is 0.0122. The molecule has 0 heterocycles. The van der Waals surface area contributed by atoms with Gasteiger partial charge in [-0.2, -0.15) is 0 Å². The monoisotopic (exact) mass is 593 g/mol. The molecule has 0 fully saturated rings. The van der Waals surface area contributed by atoms with E-state index in [1.54, 1.807) is 24.3 Å². The summed E-state index contributed by atoms with van der Waals surface area (Å²) in [5.41, 5.74) is 0.206. The molecule has 0 saturated carbocycles. The Bertz CT molecular complexity index is 1420. The maximum Gasteiger partial charge on any atom is 0.264 e. The average molecular weight is 595 g/mol. The third kappa shape index (κ3) is 7.71. The van der Waals surface area contributed by atoms with Gasteiger partial charge in [0.2, 0.25) is 11.8 Å². The van der Waals surface area contributed by atoms with Crippen LogP contribution in [0, 0.1) is 11.7 Å². The predicted molar refractivity (Wildman–Crippen MR) is 152 cm³/mol. The summed E-state index contributed by atoms with van der Waals surface area (Å²) in [6.45, 7) is 4.79. The van der Waals surface area contributed by atoms with Gasteiger partial charge in [0, 0.05) is 23.7 Å². The Balaban J connectivity index is 2.04. The molecule has 0 radical (unpaired) electrons. The van der Waals surface area contributed by atoms with Gasteiger partial charge in [-0.25, -0.2) is 12.8 Å². The summed E-state index contributed by atoms with van der Waals surface area (Å²) in [5, 5.41) is 3.07. The Morgan fingerprint density at radius 1 is 0.949 bits per heavy atom. The van der Waals surface area contributed by atoms with Crippen molar-refractivity contribution in [2.24, 2.45) is 5.92 Å². The van der Waals surface area contributed by atoms with Crippen LogP contribution >= 0.6 is 23.2 Å². The number of carbonyl (C=O) groups excluding carboxylic acids is 2. The van der Waals surface area contributed by atoms with Gasteiger partial charge in [-0.3, -0.25) is 13.9 Å². The lowest BCUT2D eigenvalue weighted by molar-refractivity contribution is -0.139. The molecule has 1 N–H and O–H groups in total. The molecule has 0 spiro atoms. The normalized spacial score (nSPS) is 12.2. The van der Waals surface area contributed by atoms with E-state index in [1.807, 2.05) is 13.8 Å². The van der Waals surface area contributed by atoms with E-state index in [4.69, 9.17) is 23.2 Å². The highest BCUT2D eigenvalue weighted by atomic mass is 35.5. The van der Waals surface area contributed by atoms with Crippen molar-refractivity contribution >= 4 is 50.7 Å². The summed E-state index contributed by atoms with van der Waals surface area (Å²) in [6.07, 6.45) is 0. The standard InChI is InChI=1S/C28H30Cl2FN3O4S/c1-19(2)16-32-28(36)20(3)33(17-21-9-7-8-12-25(21)31)27(35)18-34(26-14-13-22(29)15-24(26)30)39(37,38)23-10-5-4-6-11-23/h4-15,19-20H,16-18H2,1-3H3,(H,32,36). The number of halogens is 3. The molecular formula is C28H30Cl2FN3O4S. The summed E-state index contributed by atoms with van der Waals surface area (Å²) in [4.78, 5) is 27.9. The Morgan fingerprint density at radius 2 is 1.59 bits per heavy atom. The number of anilines is 1. The van der Waals surface area contributed by atoms with Gasteiger partial charge in [0.25, 0.3) is 10.0 Å². The first-order chi connectivity index (χ1) is 18.4. The van der Waals surface area contributed by atoms with Crippen LogP contribution in [0.5, 0.6) is 0 Å². The Morgan fingerprint density at radius 3 is 2.21 bits per heavy atom. The fourth-order valence-corrected chi connectivity index (χ4v) is 5.78. The van der Waals surface area contributed by atoms with E-state index in [0.29, 0.717) is 6.54 Å². The van der Waals surface area contributed by atoms with E-state index >= 15 is 0 Å². The lowest BCUT2D eigenvalue weighted by atomic mass is 10.1. The molecule has 0 aliphatic carbocycles. The summed E-state index contributed by atoms with van der Waals surface area (Å²) in [5.74, 6) is -1.57. The van der Waals surface area contributed by atoms with Gasteiger partial charge in [0.1, 0.15) is 18.4 Å². The molecule has 39 heavy (non-hydrogen) atoms. The molecule has 0 aromatic heterocycles. The molecule has 0 aliphatic heterocycles. The second-order valence-corrected chi connectivity index (χ2v) is 12.1. The molecular weight excluding hydrogens is 564 g/mol. The van der Waals surface area contributed by atoms with E-state index in [9.17, 15) is 22.4 Å². The maximum atomic E-state index is 14.6. The van der Waals surface area contributed by atoms with E-state index in [0.717, 1.165) is 9.21 Å². The Hall–Kier alpha value is -3.14. The topological polar surface area (TPSA) is 86.8 Å².